The number of imidazole rings is 1. The highest BCUT2D eigenvalue weighted by Crippen LogP contribution is 2.01. The topological polar surface area (TPSA) is 124 Å². The van der Waals surface area contributed by atoms with Crippen LogP contribution in [0.15, 0.2) is 6.20 Å². The number of ether oxygens (including phenoxy) is 1. The second kappa shape index (κ2) is 4.38. The van der Waals surface area contributed by atoms with Crippen LogP contribution in [0.2, 0.25) is 0 Å². The lowest BCUT2D eigenvalue weighted by atomic mass is 10.2. The Morgan fingerprint density at radius 3 is 3.00 bits per heavy atom. The van der Waals surface area contributed by atoms with E-state index in [4.69, 9.17) is 11.5 Å². The molecule has 0 aliphatic heterocycles. The molecule has 0 bridgehead atoms. The average molecular weight is 198 g/mol. The quantitative estimate of drug-likeness (QED) is 0.309. The van der Waals surface area contributed by atoms with E-state index in [1.165, 1.54) is 6.20 Å². The Bertz CT molecular complexity index is 335. The molecule has 0 radical (unpaired) electrons. The van der Waals surface area contributed by atoms with Crippen molar-refractivity contribution in [3.8, 4) is 0 Å². The minimum Gasteiger partial charge on any atom is -0.394 e. The van der Waals surface area contributed by atoms with E-state index in [0.29, 0.717) is 5.69 Å². The Hall–Kier alpha value is -1.89. The Labute approximate surface area is 79.4 Å². The first-order valence-electron chi connectivity index (χ1n) is 3.82. The zero-order chi connectivity index (χ0) is 10.6. The van der Waals surface area contributed by atoms with E-state index in [0.717, 1.165) is 0 Å². The molecule has 7 heteroatoms. The van der Waals surface area contributed by atoms with Crippen molar-refractivity contribution in [1.29, 1.82) is 0 Å². The van der Waals surface area contributed by atoms with E-state index in [-0.39, 0.29) is 18.8 Å². The number of anilines is 1. The summed E-state index contributed by atoms with van der Waals surface area (Å²) in [5.74, 6) is -0.538. The van der Waals surface area contributed by atoms with Gasteiger partial charge in [0.05, 0.1) is 6.20 Å². The van der Waals surface area contributed by atoms with E-state index in [9.17, 15) is 9.59 Å². The first-order valence-corrected chi connectivity index (χ1v) is 3.82. The van der Waals surface area contributed by atoms with E-state index >= 15 is 0 Å². The highest BCUT2D eigenvalue weighted by atomic mass is 16.6. The van der Waals surface area contributed by atoms with Crippen molar-refractivity contribution >= 4 is 18.4 Å². The summed E-state index contributed by atoms with van der Waals surface area (Å²) in [4.78, 5) is 27.2. The van der Waals surface area contributed by atoms with Crippen LogP contribution in [0.25, 0.3) is 0 Å². The van der Waals surface area contributed by atoms with Crippen molar-refractivity contribution in [2.45, 2.75) is 12.5 Å². The van der Waals surface area contributed by atoms with Gasteiger partial charge in [-0.2, -0.15) is 0 Å². The van der Waals surface area contributed by atoms with Crippen LogP contribution in [0.3, 0.4) is 0 Å². The first kappa shape index (κ1) is 10.2. The van der Waals surface area contributed by atoms with Crippen LogP contribution in [0.1, 0.15) is 5.69 Å². The van der Waals surface area contributed by atoms with E-state index < -0.39 is 12.0 Å². The Kier molecular flexibility index (Phi) is 3.19. The Balaban J connectivity index is 2.52. The second-order valence-corrected chi connectivity index (χ2v) is 2.64. The molecule has 1 aromatic rings. The predicted octanol–water partition coefficient (Wildman–Crippen LogP) is -1.44. The predicted molar refractivity (Wildman–Crippen MR) is 46.8 cm³/mol. The van der Waals surface area contributed by atoms with Gasteiger partial charge >= 0.3 is 12.4 Å². The molecule has 1 aromatic heterocycles. The number of hydrogen-bond acceptors (Lipinski definition) is 6. The summed E-state index contributed by atoms with van der Waals surface area (Å²) in [5.41, 5.74) is 11.3. The normalized spacial score (nSPS) is 12.1. The highest BCUT2D eigenvalue weighted by molar-refractivity contribution is 5.81. The molecule has 0 saturated carbocycles. The number of aromatic amines is 1. The first-order chi connectivity index (χ1) is 6.63. The standard InChI is InChI=1S/C7H10N4O3/c8-5(6(13)14-3-12)1-4-2-10-7(9)11-4/h2-3,5H,1,8H2,(H3,9,10,11)/t5-/m0/s1. The number of carbonyl (C=O) groups is 2. The molecular weight excluding hydrogens is 188 g/mol. The van der Waals surface area contributed by atoms with Gasteiger partial charge in [-0.05, 0) is 0 Å². The number of H-pyrrole nitrogens is 1. The minimum atomic E-state index is -0.903. The number of esters is 1. The molecule has 0 saturated heterocycles. The van der Waals surface area contributed by atoms with Crippen LogP contribution in [0.5, 0.6) is 0 Å². The van der Waals surface area contributed by atoms with Crippen molar-refractivity contribution in [1.82, 2.24) is 9.97 Å². The number of nitrogen functional groups attached to an aromatic ring is 1. The van der Waals surface area contributed by atoms with E-state index in [1.54, 1.807) is 0 Å². The molecule has 1 atom stereocenters. The third kappa shape index (κ3) is 2.56. The van der Waals surface area contributed by atoms with Gasteiger partial charge in [-0.15, -0.1) is 0 Å². The molecule has 0 fully saturated rings. The molecule has 14 heavy (non-hydrogen) atoms. The van der Waals surface area contributed by atoms with Crippen LogP contribution in [-0.2, 0) is 20.7 Å². The summed E-state index contributed by atoms with van der Waals surface area (Å²) in [7, 11) is 0. The molecule has 0 amide bonds. The van der Waals surface area contributed by atoms with Gasteiger partial charge in [-0.25, -0.2) is 9.78 Å². The number of aromatic nitrogens is 2. The number of rotatable bonds is 4. The van der Waals surface area contributed by atoms with Gasteiger partial charge in [-0.3, -0.25) is 4.79 Å². The largest absolute Gasteiger partial charge is 0.394 e. The average Bonchev–Trinajstić information content (AvgIpc) is 2.51. The highest BCUT2D eigenvalue weighted by Gasteiger charge is 2.16. The maximum Gasteiger partial charge on any atom is 0.330 e. The number of nitrogens with two attached hydrogens (primary N) is 2. The fourth-order valence-corrected chi connectivity index (χ4v) is 0.935. The fourth-order valence-electron chi connectivity index (χ4n) is 0.935. The van der Waals surface area contributed by atoms with E-state index in [1.807, 2.05) is 0 Å². The van der Waals surface area contributed by atoms with Crippen molar-refractivity contribution in [2.75, 3.05) is 5.73 Å². The van der Waals surface area contributed by atoms with Crippen LogP contribution in [0.4, 0.5) is 5.95 Å². The second-order valence-electron chi connectivity index (χ2n) is 2.64. The molecule has 0 aromatic carbocycles. The third-order valence-electron chi connectivity index (χ3n) is 1.55. The zero-order valence-electron chi connectivity index (χ0n) is 7.27. The van der Waals surface area contributed by atoms with Gasteiger partial charge in [0.25, 0.3) is 0 Å². The van der Waals surface area contributed by atoms with Crippen LogP contribution in [0, 0.1) is 0 Å². The van der Waals surface area contributed by atoms with Crippen molar-refractivity contribution in [2.24, 2.45) is 5.73 Å². The summed E-state index contributed by atoms with van der Waals surface area (Å²) in [6.45, 7) is 0.0452. The molecular formula is C7H10N4O3. The molecule has 5 N–H and O–H groups in total. The molecule has 0 aliphatic rings. The SMILES string of the molecule is Nc1ncc(C[C@H](N)C(=O)OC=O)[nH]1. The van der Waals surface area contributed by atoms with E-state index in [2.05, 4.69) is 14.7 Å². The summed E-state index contributed by atoms with van der Waals surface area (Å²) < 4.78 is 4.07. The number of hydrogen-bond donors (Lipinski definition) is 3. The fraction of sp³-hybridized carbons (Fsp3) is 0.286. The molecule has 0 aliphatic carbocycles. The van der Waals surface area contributed by atoms with Crippen LogP contribution < -0.4 is 11.5 Å². The van der Waals surface area contributed by atoms with Gasteiger partial charge < -0.3 is 21.2 Å². The maximum absolute atomic E-state index is 10.9. The van der Waals surface area contributed by atoms with Gasteiger partial charge in [0, 0.05) is 12.1 Å². The van der Waals surface area contributed by atoms with Crippen molar-refractivity contribution in [3.63, 3.8) is 0 Å². The Morgan fingerprint density at radius 1 is 1.79 bits per heavy atom. The smallest absolute Gasteiger partial charge is 0.330 e. The molecule has 76 valence electrons. The van der Waals surface area contributed by atoms with Gasteiger partial charge in [0.2, 0.25) is 0 Å². The summed E-state index contributed by atoms with van der Waals surface area (Å²) in [6, 6.07) is -0.903. The van der Waals surface area contributed by atoms with Crippen molar-refractivity contribution < 1.29 is 14.3 Å². The third-order valence-corrected chi connectivity index (χ3v) is 1.55. The number of nitrogens with one attached hydrogen (secondary N) is 1. The lowest BCUT2D eigenvalue weighted by Crippen LogP contribution is -2.34. The van der Waals surface area contributed by atoms with Crippen LogP contribution in [-0.4, -0.2) is 28.5 Å². The number of nitrogens with zero attached hydrogens (tertiary/aromatic N) is 1. The monoisotopic (exact) mass is 198 g/mol. The molecule has 0 spiro atoms. The van der Waals surface area contributed by atoms with Crippen LogP contribution >= 0.6 is 0 Å². The summed E-state index contributed by atoms with van der Waals surface area (Å²) in [5, 5.41) is 0. The molecule has 1 heterocycles. The van der Waals surface area contributed by atoms with Gasteiger partial charge in [0.1, 0.15) is 6.04 Å². The lowest BCUT2D eigenvalue weighted by molar-refractivity contribution is -0.152. The summed E-state index contributed by atoms with van der Waals surface area (Å²) in [6.07, 6.45) is 1.65. The Morgan fingerprint density at radius 2 is 2.50 bits per heavy atom. The summed E-state index contributed by atoms with van der Waals surface area (Å²) >= 11 is 0. The minimum absolute atomic E-state index is 0.0452. The molecule has 7 nitrogen and oxygen atoms in total. The lowest BCUT2D eigenvalue weighted by Gasteiger charge is -2.05. The number of carbonyl (C=O) groups excluding carboxylic acids is 2. The maximum atomic E-state index is 10.9. The molecule has 1 rings (SSSR count). The van der Waals surface area contributed by atoms with Gasteiger partial charge in [-0.1, -0.05) is 0 Å². The zero-order valence-corrected chi connectivity index (χ0v) is 7.27. The van der Waals surface area contributed by atoms with Gasteiger partial charge in [0.15, 0.2) is 5.95 Å². The molecule has 0 unspecified atom stereocenters. The van der Waals surface area contributed by atoms with Crippen molar-refractivity contribution in [3.05, 3.63) is 11.9 Å².